The molecule has 0 fully saturated rings. The predicted molar refractivity (Wildman–Crippen MR) is 278 cm³/mol. The lowest BCUT2D eigenvalue weighted by atomic mass is 9.77. The number of rotatable bonds is 18. The van der Waals surface area contributed by atoms with Gasteiger partial charge >= 0.3 is 17.2 Å². The van der Waals surface area contributed by atoms with Gasteiger partial charge in [-0.25, -0.2) is 0 Å². The molecule has 6 rings (SSSR count). The lowest BCUT2D eigenvalue weighted by molar-refractivity contribution is -0.385. The average molecular weight is 1040 g/mol. The Bertz CT molecular complexity index is 2860. The molecule has 0 aliphatic heterocycles. The first-order chi connectivity index (χ1) is 33.9. The van der Waals surface area contributed by atoms with Gasteiger partial charge in [0.2, 0.25) is 0 Å². The van der Waals surface area contributed by atoms with Crippen LogP contribution in [0.3, 0.4) is 0 Å². The molecule has 0 aliphatic rings. The fraction of sp³-hybridized carbons (Fsp3) is 0.308. The maximum atomic E-state index is 11.6. The van der Waals surface area contributed by atoms with Crippen LogP contribution in [0.15, 0.2) is 121 Å². The molecule has 21 heteroatoms. The highest BCUT2D eigenvalue weighted by molar-refractivity contribution is 7.43. The minimum absolute atomic E-state index is 0.149. The molecule has 0 amide bonds. The smallest absolute Gasteiger partial charge is 0.488 e. The molecular weight excluding hydrogens is 983 g/mol. The summed E-state index contributed by atoms with van der Waals surface area (Å²) < 4.78 is 46.4. The van der Waals surface area contributed by atoms with Gasteiger partial charge in [-0.05, 0) is 109 Å². The quantitative estimate of drug-likeness (QED) is 0.0442. The van der Waals surface area contributed by atoms with Crippen molar-refractivity contribution in [1.82, 2.24) is 0 Å². The molecule has 19 nitrogen and oxygen atoms in total. The molecule has 6 aromatic rings. The Morgan fingerprint density at radius 1 is 0.356 bits per heavy atom. The summed E-state index contributed by atoms with van der Waals surface area (Å²) in [7, 11) is -5.15. The van der Waals surface area contributed by atoms with Gasteiger partial charge < -0.3 is 31.9 Å². The Hall–Kier alpha value is -7.62. The van der Waals surface area contributed by atoms with Crippen molar-refractivity contribution in [1.29, 1.82) is 0 Å². The number of nitro benzene ring substituents is 4. The highest BCUT2D eigenvalue weighted by Crippen LogP contribution is 2.56. The van der Waals surface area contributed by atoms with Gasteiger partial charge in [0.05, 0.1) is 19.7 Å². The van der Waals surface area contributed by atoms with Crippen LogP contribution in [0, 0.1) is 40.5 Å². The highest BCUT2D eigenvalue weighted by Gasteiger charge is 2.36. The van der Waals surface area contributed by atoms with Crippen LogP contribution in [0.1, 0.15) is 99.8 Å². The Morgan fingerprint density at radius 2 is 0.644 bits per heavy atom. The molecule has 6 aromatic carbocycles. The third-order valence-corrected chi connectivity index (χ3v) is 12.7. The zero-order valence-electron chi connectivity index (χ0n) is 42.4. The summed E-state index contributed by atoms with van der Waals surface area (Å²) in [5.41, 5.74) is -0.190. The van der Waals surface area contributed by atoms with Crippen molar-refractivity contribution >= 4 is 40.0 Å². The van der Waals surface area contributed by atoms with Crippen molar-refractivity contribution < 1.29 is 51.6 Å². The van der Waals surface area contributed by atoms with Crippen LogP contribution >= 0.6 is 17.2 Å². The number of non-ortho nitro benzene ring substituents is 4. The van der Waals surface area contributed by atoms with Crippen molar-refractivity contribution in [2.24, 2.45) is 0 Å². The number of nitrogens with zero attached hydrogens (tertiary/aromatic N) is 4. The number of benzene rings is 6. The first kappa shape index (κ1) is 54.7. The summed E-state index contributed by atoms with van der Waals surface area (Å²) in [6.45, 7) is 23.9. The second-order valence-electron chi connectivity index (χ2n) is 20.7. The second-order valence-corrected chi connectivity index (χ2v) is 22.7. The van der Waals surface area contributed by atoms with Crippen molar-refractivity contribution in [3.05, 3.63) is 178 Å². The molecule has 0 saturated carbocycles. The van der Waals surface area contributed by atoms with Crippen LogP contribution in [-0.2, 0) is 16.2 Å². The summed E-state index contributed by atoms with van der Waals surface area (Å²) in [5, 5.41) is 46.5. The maximum absolute atomic E-state index is 11.6. The zero-order valence-corrected chi connectivity index (χ0v) is 44.1. The molecule has 0 aliphatic carbocycles. The van der Waals surface area contributed by atoms with Crippen LogP contribution in [-0.4, -0.2) is 25.3 Å². The van der Waals surface area contributed by atoms with E-state index in [4.69, 9.17) is 31.9 Å². The van der Waals surface area contributed by atoms with E-state index in [1.807, 2.05) is 80.5 Å². The Kier molecular flexibility index (Phi) is 16.2. The minimum atomic E-state index is -2.58. The van der Waals surface area contributed by atoms with E-state index in [9.17, 15) is 40.5 Å². The zero-order chi connectivity index (χ0) is 53.8. The topological polar surface area (TPSA) is 237 Å². The first-order valence-corrected chi connectivity index (χ1v) is 24.9. The van der Waals surface area contributed by atoms with E-state index in [0.29, 0.717) is 28.0 Å². The van der Waals surface area contributed by atoms with Gasteiger partial charge in [0, 0.05) is 70.8 Å². The van der Waals surface area contributed by atoms with Crippen molar-refractivity contribution in [2.75, 3.05) is 0 Å². The molecule has 0 radical (unpaired) electrons. The van der Waals surface area contributed by atoms with Crippen LogP contribution in [0.5, 0.6) is 40.2 Å². The molecule has 0 unspecified atom stereocenters. The summed E-state index contributed by atoms with van der Waals surface area (Å²) in [5.74, 6) is 1.57. The normalized spacial score (nSPS) is 12.0. The van der Waals surface area contributed by atoms with E-state index in [2.05, 4.69) is 20.8 Å². The first-order valence-electron chi connectivity index (χ1n) is 22.7. The lowest BCUT2D eigenvalue weighted by Crippen LogP contribution is -2.24. The Morgan fingerprint density at radius 3 is 0.904 bits per heavy atom. The highest BCUT2D eigenvalue weighted by atomic mass is 31.2. The standard InChI is InChI=1S/C52H56N4O15P2/c1-49(2,3)33-29-43(47(45(30-33)50(4,5)6)70-72(66-38-21-13-34(14-22-38)53(57)58)67-39-23-15-35(16-24-39)54(59)60)44-31-42(65-52(10,11)12)32-46(51(7,8)9)48(44)71-73(68-40-25-17-36(18-26-40)55(61)62)69-41-27-19-37(20-28-41)56(63)64/h13-32H,1-12H3. The second kappa shape index (κ2) is 21.6. The largest absolute Gasteiger partial charge is 0.530 e. The summed E-state index contributed by atoms with van der Waals surface area (Å²) >= 11 is 0. The van der Waals surface area contributed by atoms with E-state index in [0.717, 1.165) is 5.56 Å². The number of hydrogen-bond donors (Lipinski definition) is 0. The van der Waals surface area contributed by atoms with Crippen molar-refractivity contribution in [3.8, 4) is 51.4 Å². The molecule has 0 heterocycles. The van der Waals surface area contributed by atoms with E-state index in [-0.39, 0.29) is 57.2 Å². The molecule has 0 atom stereocenters. The third-order valence-electron chi connectivity index (χ3n) is 10.6. The molecule has 384 valence electrons. The van der Waals surface area contributed by atoms with Crippen molar-refractivity contribution in [3.63, 3.8) is 0 Å². The van der Waals surface area contributed by atoms with E-state index in [1.165, 1.54) is 97.1 Å². The van der Waals surface area contributed by atoms with Crippen molar-refractivity contribution in [2.45, 2.75) is 105 Å². The Balaban J connectivity index is 1.66. The Labute approximate surface area is 424 Å². The van der Waals surface area contributed by atoms with Gasteiger partial charge in [-0.1, -0.05) is 68.4 Å². The number of nitro groups is 4. The molecule has 0 saturated heterocycles. The summed E-state index contributed by atoms with van der Waals surface area (Å²) in [6, 6.07) is 29.0. The monoisotopic (exact) mass is 1040 g/mol. The van der Waals surface area contributed by atoms with Gasteiger partial charge in [-0.15, -0.1) is 0 Å². The summed E-state index contributed by atoms with van der Waals surface area (Å²) in [6.07, 6.45) is 0. The third kappa shape index (κ3) is 14.5. The molecular formula is C52H56N4O15P2. The summed E-state index contributed by atoms with van der Waals surface area (Å²) in [4.78, 5) is 44.3. The van der Waals surface area contributed by atoms with Crippen LogP contribution in [0.4, 0.5) is 22.7 Å². The maximum Gasteiger partial charge on any atom is 0.530 e. The van der Waals surface area contributed by atoms with Gasteiger partial charge in [-0.2, -0.15) is 0 Å². The minimum Gasteiger partial charge on any atom is -0.488 e. The lowest BCUT2D eigenvalue weighted by Gasteiger charge is -2.32. The van der Waals surface area contributed by atoms with Gasteiger partial charge in [-0.3, -0.25) is 40.5 Å². The molecule has 0 N–H and O–H groups in total. The molecule has 73 heavy (non-hydrogen) atoms. The van der Waals surface area contributed by atoms with E-state index >= 15 is 0 Å². The number of hydrogen-bond acceptors (Lipinski definition) is 15. The molecule has 0 spiro atoms. The predicted octanol–water partition coefficient (Wildman–Crippen LogP) is 15.6. The molecule has 0 aromatic heterocycles. The van der Waals surface area contributed by atoms with Crippen LogP contribution in [0.2, 0.25) is 0 Å². The van der Waals surface area contributed by atoms with Gasteiger partial charge in [0.1, 0.15) is 45.8 Å². The van der Waals surface area contributed by atoms with E-state index in [1.54, 1.807) is 6.07 Å². The van der Waals surface area contributed by atoms with E-state index < -0.39 is 58.7 Å². The SMILES string of the molecule is CC(C)(C)Oc1cc(-c2cc(C(C)(C)C)cc(C(C)(C)C)c2OP(Oc2ccc([N+](=O)[O-])cc2)Oc2ccc([N+](=O)[O-])cc2)c(OP(Oc2ccc([N+](=O)[O-])cc2)Oc2ccc([N+](=O)[O-])cc2)c(C(C)(C)C)c1. The number of ether oxygens (including phenoxy) is 1. The van der Waals surface area contributed by atoms with Crippen LogP contribution < -0.4 is 31.9 Å². The fourth-order valence-electron chi connectivity index (χ4n) is 6.91. The molecule has 0 bridgehead atoms. The fourth-order valence-corrected chi connectivity index (χ4v) is 9.00. The van der Waals surface area contributed by atoms with Gasteiger partial charge in [0.15, 0.2) is 0 Å². The average Bonchev–Trinajstić information content (AvgIpc) is 3.28. The van der Waals surface area contributed by atoms with Gasteiger partial charge in [0.25, 0.3) is 22.7 Å². The van der Waals surface area contributed by atoms with Crippen LogP contribution in [0.25, 0.3) is 11.1 Å².